The molecule has 1 atom stereocenters. The molecule has 0 aliphatic rings. The molecule has 0 aromatic carbocycles. The SMILES string of the molecule is C=CCS(=O)CCN. The van der Waals surface area contributed by atoms with Gasteiger partial charge in [-0.05, 0) is 0 Å². The van der Waals surface area contributed by atoms with Gasteiger partial charge in [-0.1, -0.05) is 6.08 Å². The van der Waals surface area contributed by atoms with Crippen molar-refractivity contribution in [2.75, 3.05) is 18.1 Å². The Morgan fingerprint density at radius 3 is 2.75 bits per heavy atom. The second-order valence-corrected chi connectivity index (χ2v) is 3.01. The molecule has 2 nitrogen and oxygen atoms in total. The standard InChI is InChI=1S/C5H11NOS/c1-2-4-8(7)5-3-6/h2H,1,3-6H2. The van der Waals surface area contributed by atoms with Crippen LogP contribution in [0.2, 0.25) is 0 Å². The lowest BCUT2D eigenvalue weighted by molar-refractivity contribution is 0.684. The van der Waals surface area contributed by atoms with Crippen molar-refractivity contribution >= 4 is 10.8 Å². The predicted octanol–water partition coefficient (Wildman–Crippen LogP) is -0.120. The summed E-state index contributed by atoms with van der Waals surface area (Å²) in [6.07, 6.45) is 1.64. The molecule has 1 unspecified atom stereocenters. The predicted molar refractivity (Wildman–Crippen MR) is 37.1 cm³/mol. The lowest BCUT2D eigenvalue weighted by atomic mass is 10.8. The van der Waals surface area contributed by atoms with Crippen LogP contribution in [-0.4, -0.2) is 22.3 Å². The van der Waals surface area contributed by atoms with Gasteiger partial charge in [0.15, 0.2) is 0 Å². The van der Waals surface area contributed by atoms with Crippen LogP contribution in [0.3, 0.4) is 0 Å². The summed E-state index contributed by atoms with van der Waals surface area (Å²) in [6, 6.07) is 0. The van der Waals surface area contributed by atoms with Crippen LogP contribution in [0, 0.1) is 0 Å². The Labute approximate surface area is 52.2 Å². The summed E-state index contributed by atoms with van der Waals surface area (Å²) in [7, 11) is -0.763. The van der Waals surface area contributed by atoms with Gasteiger partial charge in [-0.3, -0.25) is 4.21 Å². The number of nitrogens with two attached hydrogens (primary N) is 1. The summed E-state index contributed by atoms with van der Waals surface area (Å²) in [5, 5.41) is 0. The number of rotatable bonds is 4. The normalized spacial score (nSPS) is 13.1. The van der Waals surface area contributed by atoms with E-state index in [1.54, 1.807) is 6.08 Å². The second-order valence-electron chi connectivity index (χ2n) is 1.39. The van der Waals surface area contributed by atoms with Gasteiger partial charge in [0, 0.05) is 28.9 Å². The van der Waals surface area contributed by atoms with Crippen LogP contribution >= 0.6 is 0 Å². The smallest absolute Gasteiger partial charge is 0.0413 e. The van der Waals surface area contributed by atoms with Gasteiger partial charge >= 0.3 is 0 Å². The molecule has 0 rings (SSSR count). The fraction of sp³-hybridized carbons (Fsp3) is 0.600. The maximum atomic E-state index is 10.6. The van der Waals surface area contributed by atoms with E-state index in [4.69, 9.17) is 5.73 Å². The van der Waals surface area contributed by atoms with Crippen molar-refractivity contribution in [1.29, 1.82) is 0 Å². The summed E-state index contributed by atoms with van der Waals surface area (Å²) >= 11 is 0. The molecule has 0 spiro atoms. The molecule has 0 aromatic rings. The first-order valence-electron chi connectivity index (χ1n) is 2.47. The fourth-order valence-electron chi connectivity index (χ4n) is 0.346. The van der Waals surface area contributed by atoms with Crippen molar-refractivity contribution < 1.29 is 4.21 Å². The Morgan fingerprint density at radius 2 is 2.38 bits per heavy atom. The number of hydrogen-bond donors (Lipinski definition) is 1. The molecule has 8 heavy (non-hydrogen) atoms. The average molecular weight is 133 g/mol. The van der Waals surface area contributed by atoms with E-state index >= 15 is 0 Å². The van der Waals surface area contributed by atoms with E-state index in [1.807, 2.05) is 0 Å². The monoisotopic (exact) mass is 133 g/mol. The molecule has 0 radical (unpaired) electrons. The summed E-state index contributed by atoms with van der Waals surface area (Å²) in [4.78, 5) is 0. The van der Waals surface area contributed by atoms with Crippen LogP contribution in [0.1, 0.15) is 0 Å². The fourth-order valence-corrected chi connectivity index (χ4v) is 1.04. The van der Waals surface area contributed by atoms with E-state index in [-0.39, 0.29) is 0 Å². The first kappa shape index (κ1) is 7.85. The summed E-state index contributed by atoms with van der Waals surface area (Å²) in [6.45, 7) is 3.95. The molecule has 0 saturated heterocycles. The highest BCUT2D eigenvalue weighted by atomic mass is 32.2. The first-order valence-corrected chi connectivity index (χ1v) is 3.96. The topological polar surface area (TPSA) is 43.1 Å². The second kappa shape index (κ2) is 5.00. The molecule has 0 saturated carbocycles. The molecular weight excluding hydrogens is 122 g/mol. The van der Waals surface area contributed by atoms with Gasteiger partial charge in [0.1, 0.15) is 0 Å². The van der Waals surface area contributed by atoms with Crippen molar-refractivity contribution in [3.63, 3.8) is 0 Å². The van der Waals surface area contributed by atoms with Crippen molar-refractivity contribution in [3.05, 3.63) is 12.7 Å². The maximum absolute atomic E-state index is 10.6. The molecule has 0 amide bonds. The quantitative estimate of drug-likeness (QED) is 0.543. The molecule has 2 N–H and O–H groups in total. The molecule has 0 aliphatic heterocycles. The highest BCUT2D eigenvalue weighted by Crippen LogP contribution is 1.78. The minimum Gasteiger partial charge on any atom is -0.330 e. The van der Waals surface area contributed by atoms with Gasteiger partial charge < -0.3 is 5.73 Å². The Kier molecular flexibility index (Phi) is 4.90. The Balaban J connectivity index is 3.18. The van der Waals surface area contributed by atoms with E-state index in [9.17, 15) is 4.21 Å². The molecule has 0 aliphatic carbocycles. The lowest BCUT2D eigenvalue weighted by Crippen LogP contribution is -2.11. The van der Waals surface area contributed by atoms with E-state index in [0.29, 0.717) is 18.1 Å². The molecule has 48 valence electrons. The van der Waals surface area contributed by atoms with E-state index in [1.165, 1.54) is 0 Å². The van der Waals surface area contributed by atoms with Crippen molar-refractivity contribution in [2.24, 2.45) is 5.73 Å². The average Bonchev–Trinajstić information content (AvgIpc) is 1.68. The number of hydrogen-bond acceptors (Lipinski definition) is 2. The highest BCUT2D eigenvalue weighted by Gasteiger charge is 1.90. The van der Waals surface area contributed by atoms with E-state index < -0.39 is 10.8 Å². The molecule has 0 aromatic heterocycles. The van der Waals surface area contributed by atoms with Crippen LogP contribution in [-0.2, 0) is 10.8 Å². The van der Waals surface area contributed by atoms with Crippen LogP contribution in [0.4, 0.5) is 0 Å². The molecular formula is C5H11NOS. The molecule has 0 heterocycles. The van der Waals surface area contributed by atoms with Gasteiger partial charge in [-0.25, -0.2) is 0 Å². The van der Waals surface area contributed by atoms with Gasteiger partial charge in [0.05, 0.1) is 0 Å². The maximum Gasteiger partial charge on any atom is 0.0413 e. The zero-order valence-electron chi connectivity index (χ0n) is 4.80. The Bertz CT molecular complexity index is 92.4. The molecule has 3 heteroatoms. The van der Waals surface area contributed by atoms with Gasteiger partial charge in [0.25, 0.3) is 0 Å². The summed E-state index contributed by atoms with van der Waals surface area (Å²) in [5.74, 6) is 1.16. The van der Waals surface area contributed by atoms with Crippen LogP contribution < -0.4 is 5.73 Å². The van der Waals surface area contributed by atoms with Crippen LogP contribution in [0.5, 0.6) is 0 Å². The van der Waals surface area contributed by atoms with Crippen LogP contribution in [0.15, 0.2) is 12.7 Å². The summed E-state index contributed by atoms with van der Waals surface area (Å²) in [5.41, 5.74) is 5.13. The van der Waals surface area contributed by atoms with E-state index in [0.717, 1.165) is 0 Å². The van der Waals surface area contributed by atoms with Crippen molar-refractivity contribution in [1.82, 2.24) is 0 Å². The highest BCUT2D eigenvalue weighted by molar-refractivity contribution is 7.85. The lowest BCUT2D eigenvalue weighted by Gasteiger charge is -1.91. The third-order valence-corrected chi connectivity index (χ3v) is 1.95. The largest absolute Gasteiger partial charge is 0.330 e. The Morgan fingerprint density at radius 1 is 1.75 bits per heavy atom. The minimum absolute atomic E-state index is 0.500. The van der Waals surface area contributed by atoms with Crippen LogP contribution in [0.25, 0.3) is 0 Å². The van der Waals surface area contributed by atoms with Gasteiger partial charge in [-0.15, -0.1) is 6.58 Å². The third-order valence-electron chi connectivity index (χ3n) is 0.649. The molecule has 0 bridgehead atoms. The van der Waals surface area contributed by atoms with Gasteiger partial charge in [0.2, 0.25) is 0 Å². The Hall–Kier alpha value is -0.150. The zero-order valence-corrected chi connectivity index (χ0v) is 5.62. The van der Waals surface area contributed by atoms with Gasteiger partial charge in [-0.2, -0.15) is 0 Å². The molecule has 0 fully saturated rings. The summed E-state index contributed by atoms with van der Waals surface area (Å²) < 4.78 is 10.6. The zero-order chi connectivity index (χ0) is 6.41. The van der Waals surface area contributed by atoms with Crippen molar-refractivity contribution in [2.45, 2.75) is 0 Å². The van der Waals surface area contributed by atoms with E-state index in [2.05, 4.69) is 6.58 Å². The first-order chi connectivity index (χ1) is 3.81. The third kappa shape index (κ3) is 4.02. The minimum atomic E-state index is -0.763. The van der Waals surface area contributed by atoms with Crippen molar-refractivity contribution in [3.8, 4) is 0 Å².